The number of piperidine rings is 1. The lowest BCUT2D eigenvalue weighted by Gasteiger charge is -2.36. The van der Waals surface area contributed by atoms with Crippen molar-refractivity contribution in [3.05, 3.63) is 59.0 Å². The highest BCUT2D eigenvalue weighted by Crippen LogP contribution is 2.35. The van der Waals surface area contributed by atoms with E-state index in [-0.39, 0.29) is 29.6 Å². The zero-order valence-corrected chi connectivity index (χ0v) is 14.4. The summed E-state index contributed by atoms with van der Waals surface area (Å²) in [5.74, 6) is -0.0642. The van der Waals surface area contributed by atoms with Gasteiger partial charge in [-0.1, -0.05) is 18.2 Å². The summed E-state index contributed by atoms with van der Waals surface area (Å²) < 4.78 is 1.54. The molecule has 0 spiro atoms. The van der Waals surface area contributed by atoms with Gasteiger partial charge in [-0.15, -0.1) is 0 Å². The maximum atomic E-state index is 13.4. The van der Waals surface area contributed by atoms with E-state index in [2.05, 4.69) is 4.98 Å². The van der Waals surface area contributed by atoms with Crippen LogP contribution in [0.3, 0.4) is 0 Å². The minimum Gasteiger partial charge on any atom is -0.505 e. The molecule has 1 unspecified atom stereocenters. The molecule has 1 aliphatic rings. The zero-order chi connectivity index (χ0) is 18.1. The van der Waals surface area contributed by atoms with Crippen LogP contribution in [0.1, 0.15) is 19.3 Å². The normalized spacial score (nSPS) is 17.6. The molecule has 26 heavy (non-hydrogen) atoms. The second-order valence-electron chi connectivity index (χ2n) is 6.57. The molecule has 3 heterocycles. The SMILES string of the molecule is O=c1c(N2CCCCC2CO)c(O)c2cccnc2n1-c1ccccc1. The first-order chi connectivity index (χ1) is 12.7. The fraction of sp³-hybridized carbons (Fsp3) is 0.300. The summed E-state index contributed by atoms with van der Waals surface area (Å²) in [7, 11) is 0. The topological polar surface area (TPSA) is 78.6 Å². The van der Waals surface area contributed by atoms with Crippen LogP contribution in [-0.2, 0) is 0 Å². The molecule has 1 aromatic carbocycles. The second-order valence-corrected chi connectivity index (χ2v) is 6.57. The Hall–Kier alpha value is -2.86. The minimum atomic E-state index is -0.319. The van der Waals surface area contributed by atoms with Gasteiger partial charge in [0.15, 0.2) is 11.4 Å². The molecule has 0 aliphatic carbocycles. The number of aliphatic hydroxyl groups excluding tert-OH is 1. The quantitative estimate of drug-likeness (QED) is 0.758. The molecule has 1 fully saturated rings. The number of para-hydroxylation sites is 1. The molecule has 0 radical (unpaired) electrons. The largest absolute Gasteiger partial charge is 0.505 e. The van der Waals surface area contributed by atoms with Gasteiger partial charge in [0.25, 0.3) is 5.56 Å². The molecular formula is C20H21N3O3. The summed E-state index contributed by atoms with van der Waals surface area (Å²) in [6, 6.07) is 12.6. The van der Waals surface area contributed by atoms with E-state index in [1.807, 2.05) is 35.2 Å². The average Bonchev–Trinajstić information content (AvgIpc) is 2.69. The van der Waals surface area contributed by atoms with Gasteiger partial charge in [-0.25, -0.2) is 4.98 Å². The Bertz CT molecular complexity index is 985. The first kappa shape index (κ1) is 16.6. The van der Waals surface area contributed by atoms with E-state index >= 15 is 0 Å². The van der Waals surface area contributed by atoms with Crippen LogP contribution in [-0.4, -0.2) is 39.0 Å². The number of rotatable bonds is 3. The van der Waals surface area contributed by atoms with Crippen molar-refractivity contribution in [3.8, 4) is 11.4 Å². The molecular weight excluding hydrogens is 330 g/mol. The van der Waals surface area contributed by atoms with E-state index in [0.717, 1.165) is 19.3 Å². The fourth-order valence-electron chi connectivity index (χ4n) is 3.75. The van der Waals surface area contributed by atoms with Gasteiger partial charge in [0, 0.05) is 12.7 Å². The molecule has 0 amide bonds. The Morgan fingerprint density at radius 1 is 1.12 bits per heavy atom. The standard InChI is InChI=1S/C20H21N3O3/c24-13-15-9-4-5-12-22(15)17-18(25)16-10-6-11-21-19(16)23(20(17)26)14-7-2-1-3-8-14/h1-3,6-8,10-11,15,24-25H,4-5,9,12-13H2. The average molecular weight is 351 g/mol. The lowest BCUT2D eigenvalue weighted by atomic mass is 10.0. The highest BCUT2D eigenvalue weighted by Gasteiger charge is 2.29. The van der Waals surface area contributed by atoms with E-state index < -0.39 is 0 Å². The van der Waals surface area contributed by atoms with Crippen molar-refractivity contribution in [1.29, 1.82) is 0 Å². The molecule has 1 saturated heterocycles. The second kappa shape index (κ2) is 6.80. The molecule has 0 bridgehead atoms. The molecule has 6 heteroatoms. The van der Waals surface area contributed by atoms with Gasteiger partial charge in [-0.05, 0) is 43.5 Å². The molecule has 0 saturated carbocycles. The van der Waals surface area contributed by atoms with E-state index in [1.165, 1.54) is 4.57 Å². The Morgan fingerprint density at radius 3 is 2.69 bits per heavy atom. The molecule has 1 aliphatic heterocycles. The number of aromatic nitrogens is 2. The van der Waals surface area contributed by atoms with Crippen LogP contribution >= 0.6 is 0 Å². The van der Waals surface area contributed by atoms with Crippen molar-refractivity contribution in [2.24, 2.45) is 0 Å². The molecule has 4 rings (SSSR count). The number of pyridine rings is 2. The Labute approximate surface area is 151 Å². The van der Waals surface area contributed by atoms with Crippen LogP contribution in [0.2, 0.25) is 0 Å². The number of nitrogens with zero attached hydrogens (tertiary/aromatic N) is 3. The smallest absolute Gasteiger partial charge is 0.284 e. The number of hydrogen-bond acceptors (Lipinski definition) is 5. The van der Waals surface area contributed by atoms with Gasteiger partial charge < -0.3 is 15.1 Å². The molecule has 2 N–H and O–H groups in total. The van der Waals surface area contributed by atoms with Gasteiger partial charge >= 0.3 is 0 Å². The number of anilines is 1. The number of fused-ring (bicyclic) bond motifs is 1. The van der Waals surface area contributed by atoms with Gasteiger partial charge in [-0.3, -0.25) is 9.36 Å². The number of aliphatic hydroxyl groups is 1. The Morgan fingerprint density at radius 2 is 1.92 bits per heavy atom. The molecule has 1 atom stereocenters. The summed E-state index contributed by atoms with van der Waals surface area (Å²) in [6.07, 6.45) is 4.33. The molecule has 6 nitrogen and oxygen atoms in total. The Kier molecular flexibility index (Phi) is 4.34. The van der Waals surface area contributed by atoms with Crippen molar-refractivity contribution in [1.82, 2.24) is 9.55 Å². The van der Waals surface area contributed by atoms with Gasteiger partial charge in [0.2, 0.25) is 0 Å². The third kappa shape index (κ3) is 2.63. The monoisotopic (exact) mass is 351 g/mol. The van der Waals surface area contributed by atoms with E-state index in [9.17, 15) is 15.0 Å². The maximum Gasteiger partial charge on any atom is 0.284 e. The molecule has 134 valence electrons. The van der Waals surface area contributed by atoms with Crippen LogP contribution in [0.5, 0.6) is 5.75 Å². The first-order valence-corrected chi connectivity index (χ1v) is 8.88. The summed E-state index contributed by atoms with van der Waals surface area (Å²) in [6.45, 7) is 0.587. The van der Waals surface area contributed by atoms with Crippen molar-refractivity contribution < 1.29 is 10.2 Å². The van der Waals surface area contributed by atoms with Crippen LogP contribution < -0.4 is 10.5 Å². The summed E-state index contributed by atoms with van der Waals surface area (Å²) in [4.78, 5) is 19.6. The summed E-state index contributed by atoms with van der Waals surface area (Å²) in [5.41, 5.74) is 1.04. The number of hydrogen-bond donors (Lipinski definition) is 2. The predicted molar refractivity (Wildman–Crippen MR) is 101 cm³/mol. The number of aromatic hydroxyl groups is 1. The maximum absolute atomic E-state index is 13.4. The van der Waals surface area contributed by atoms with Gasteiger partial charge in [0.1, 0.15) is 5.69 Å². The minimum absolute atomic E-state index is 0.0463. The highest BCUT2D eigenvalue weighted by atomic mass is 16.3. The van der Waals surface area contributed by atoms with Crippen molar-refractivity contribution in [3.63, 3.8) is 0 Å². The Balaban J connectivity index is 2.04. The van der Waals surface area contributed by atoms with Crippen LogP contribution in [0.4, 0.5) is 5.69 Å². The lowest BCUT2D eigenvalue weighted by molar-refractivity contribution is 0.239. The molecule has 3 aromatic rings. The highest BCUT2D eigenvalue weighted by molar-refractivity contribution is 5.89. The van der Waals surface area contributed by atoms with E-state index in [0.29, 0.717) is 23.3 Å². The third-order valence-electron chi connectivity index (χ3n) is 5.02. The fourth-order valence-corrected chi connectivity index (χ4v) is 3.75. The van der Waals surface area contributed by atoms with Gasteiger partial charge in [0.05, 0.1) is 23.7 Å². The summed E-state index contributed by atoms with van der Waals surface area (Å²) >= 11 is 0. The van der Waals surface area contributed by atoms with Crippen LogP contribution in [0.25, 0.3) is 16.7 Å². The zero-order valence-electron chi connectivity index (χ0n) is 14.4. The summed E-state index contributed by atoms with van der Waals surface area (Å²) in [5, 5.41) is 21.2. The molecule has 2 aromatic heterocycles. The van der Waals surface area contributed by atoms with Crippen molar-refractivity contribution in [2.75, 3.05) is 18.1 Å². The first-order valence-electron chi connectivity index (χ1n) is 8.88. The third-order valence-corrected chi connectivity index (χ3v) is 5.02. The number of benzene rings is 1. The van der Waals surface area contributed by atoms with Crippen molar-refractivity contribution >= 4 is 16.7 Å². The predicted octanol–water partition coefficient (Wildman–Crippen LogP) is 2.44. The van der Waals surface area contributed by atoms with E-state index in [4.69, 9.17) is 0 Å². The van der Waals surface area contributed by atoms with Crippen LogP contribution in [0, 0.1) is 0 Å². The van der Waals surface area contributed by atoms with Crippen molar-refractivity contribution in [2.45, 2.75) is 25.3 Å². The van der Waals surface area contributed by atoms with Crippen LogP contribution in [0.15, 0.2) is 53.5 Å². The lowest BCUT2D eigenvalue weighted by Crippen LogP contribution is -2.45. The van der Waals surface area contributed by atoms with E-state index in [1.54, 1.807) is 18.3 Å². The van der Waals surface area contributed by atoms with Gasteiger partial charge in [-0.2, -0.15) is 0 Å².